The van der Waals surface area contributed by atoms with Crippen LogP contribution in [0.5, 0.6) is 5.75 Å². The highest BCUT2D eigenvalue weighted by molar-refractivity contribution is 6.09. The molecule has 2 aromatic carbocycles. The summed E-state index contributed by atoms with van der Waals surface area (Å²) in [5.41, 5.74) is 0.203. The van der Waals surface area contributed by atoms with E-state index in [1.165, 1.54) is 42.5 Å². The first-order chi connectivity index (χ1) is 11.3. The van der Waals surface area contributed by atoms with Crippen molar-refractivity contribution in [1.29, 1.82) is 0 Å². The van der Waals surface area contributed by atoms with Crippen molar-refractivity contribution in [2.45, 2.75) is 6.92 Å². The van der Waals surface area contributed by atoms with E-state index < -0.39 is 27.1 Å². The van der Waals surface area contributed by atoms with Crippen LogP contribution in [0.4, 0.5) is 11.4 Å². The van der Waals surface area contributed by atoms with Gasteiger partial charge in [0.25, 0.3) is 5.69 Å². The lowest BCUT2D eigenvalue weighted by atomic mass is 10.0. The Morgan fingerprint density at radius 1 is 1.08 bits per heavy atom. The number of phenols is 1. The minimum atomic E-state index is -0.765. The fraction of sp³-hybridized carbons (Fsp3) is 0.0625. The lowest BCUT2D eigenvalue weighted by Gasteiger charge is -2.03. The molecular weight excluding hydrogens is 316 g/mol. The van der Waals surface area contributed by atoms with Gasteiger partial charge in [0.15, 0.2) is 5.78 Å². The third-order valence-electron chi connectivity index (χ3n) is 3.23. The molecular formula is C16H12N2O6. The first kappa shape index (κ1) is 16.8. The molecule has 122 valence electrons. The van der Waals surface area contributed by atoms with Crippen molar-refractivity contribution in [3.8, 4) is 5.75 Å². The summed E-state index contributed by atoms with van der Waals surface area (Å²) in [7, 11) is 0. The smallest absolute Gasteiger partial charge is 0.311 e. The fourth-order valence-corrected chi connectivity index (χ4v) is 2.06. The molecule has 1 N–H and O–H groups in total. The Labute approximate surface area is 136 Å². The van der Waals surface area contributed by atoms with Gasteiger partial charge in [0.1, 0.15) is 0 Å². The summed E-state index contributed by atoms with van der Waals surface area (Å²) in [5.74, 6) is -1.30. The molecule has 0 aliphatic carbocycles. The largest absolute Gasteiger partial charge is 0.502 e. The van der Waals surface area contributed by atoms with Gasteiger partial charge in [-0.15, -0.1) is 0 Å². The van der Waals surface area contributed by atoms with Crippen LogP contribution in [0.3, 0.4) is 0 Å². The van der Waals surface area contributed by atoms with Crippen LogP contribution >= 0.6 is 0 Å². The first-order valence-electron chi connectivity index (χ1n) is 6.74. The summed E-state index contributed by atoms with van der Waals surface area (Å²) < 4.78 is 0. The molecule has 8 nitrogen and oxygen atoms in total. The molecule has 24 heavy (non-hydrogen) atoms. The molecule has 8 heteroatoms. The number of non-ortho nitro benzene ring substituents is 1. The lowest BCUT2D eigenvalue weighted by Crippen LogP contribution is -1.99. The Hall–Kier alpha value is -3.55. The monoisotopic (exact) mass is 328 g/mol. The topological polar surface area (TPSA) is 124 Å². The second-order valence-corrected chi connectivity index (χ2v) is 4.98. The Morgan fingerprint density at radius 2 is 1.71 bits per heavy atom. The number of phenolic OH excluding ortho intramolecular Hbond substituents is 1. The van der Waals surface area contributed by atoms with E-state index in [9.17, 15) is 30.1 Å². The van der Waals surface area contributed by atoms with Crippen LogP contribution in [-0.2, 0) is 0 Å². The molecule has 0 spiro atoms. The van der Waals surface area contributed by atoms with E-state index >= 15 is 0 Å². The van der Waals surface area contributed by atoms with E-state index in [0.29, 0.717) is 11.1 Å². The molecule has 0 amide bonds. The number of ketones is 1. The number of nitrogens with zero attached hydrogens (tertiary/aromatic N) is 2. The molecule has 0 saturated heterocycles. The van der Waals surface area contributed by atoms with Crippen molar-refractivity contribution in [2.24, 2.45) is 0 Å². The number of nitro benzene ring substituents is 2. The standard InChI is InChI=1S/C16H12N2O6/c1-10-8-13(16(20)14(9-10)18(23)24)15(19)7-4-11-2-5-12(6-3-11)17(21)22/h2-9,20H,1H3. The van der Waals surface area contributed by atoms with Gasteiger partial charge in [-0.3, -0.25) is 25.0 Å². The maximum absolute atomic E-state index is 12.2. The van der Waals surface area contributed by atoms with E-state index in [1.54, 1.807) is 6.92 Å². The average Bonchev–Trinajstić information content (AvgIpc) is 2.54. The van der Waals surface area contributed by atoms with E-state index in [0.717, 1.165) is 6.08 Å². The van der Waals surface area contributed by atoms with Gasteiger partial charge in [-0.1, -0.05) is 6.08 Å². The zero-order chi connectivity index (χ0) is 17.9. The highest BCUT2D eigenvalue weighted by atomic mass is 16.6. The Bertz CT molecular complexity index is 856. The highest BCUT2D eigenvalue weighted by Gasteiger charge is 2.21. The van der Waals surface area contributed by atoms with Gasteiger partial charge in [0.2, 0.25) is 5.75 Å². The van der Waals surface area contributed by atoms with Gasteiger partial charge in [0.05, 0.1) is 15.4 Å². The molecule has 2 aromatic rings. The van der Waals surface area contributed by atoms with E-state index in [1.807, 2.05) is 0 Å². The van der Waals surface area contributed by atoms with Crippen LogP contribution in [0.15, 0.2) is 42.5 Å². The molecule has 0 saturated carbocycles. The summed E-state index contributed by atoms with van der Waals surface area (Å²) in [4.78, 5) is 32.3. The average molecular weight is 328 g/mol. The molecule has 0 unspecified atom stereocenters. The minimum absolute atomic E-state index is 0.0783. The molecule has 0 radical (unpaired) electrons. The maximum atomic E-state index is 12.2. The summed E-state index contributed by atoms with van der Waals surface area (Å²) in [6, 6.07) is 8.02. The van der Waals surface area contributed by atoms with Crippen LogP contribution in [0.25, 0.3) is 6.08 Å². The maximum Gasteiger partial charge on any atom is 0.311 e. The van der Waals surface area contributed by atoms with Gasteiger partial charge in [0, 0.05) is 18.2 Å². The molecule has 0 aliphatic heterocycles. The summed E-state index contributed by atoms with van der Waals surface area (Å²) in [6.45, 7) is 1.57. The number of rotatable bonds is 5. The Kier molecular flexibility index (Phi) is 4.69. The van der Waals surface area contributed by atoms with Crippen LogP contribution in [-0.4, -0.2) is 20.7 Å². The van der Waals surface area contributed by atoms with Crippen LogP contribution in [0.1, 0.15) is 21.5 Å². The number of hydrogen-bond acceptors (Lipinski definition) is 6. The molecule has 0 bridgehead atoms. The molecule has 2 rings (SSSR count). The van der Waals surface area contributed by atoms with E-state index in [4.69, 9.17) is 0 Å². The first-order valence-corrected chi connectivity index (χ1v) is 6.74. The SMILES string of the molecule is Cc1cc(C(=O)C=Cc2ccc([N+](=O)[O-])cc2)c(O)c([N+](=O)[O-])c1. The normalized spacial score (nSPS) is 10.7. The van der Waals surface area contributed by atoms with Crippen molar-refractivity contribution < 1.29 is 19.7 Å². The predicted octanol–water partition coefficient (Wildman–Crippen LogP) is 3.41. The Morgan fingerprint density at radius 3 is 2.25 bits per heavy atom. The van der Waals surface area contributed by atoms with Crippen molar-refractivity contribution in [1.82, 2.24) is 0 Å². The summed E-state index contributed by atoms with van der Waals surface area (Å²) in [5, 5.41) is 31.3. The predicted molar refractivity (Wildman–Crippen MR) is 86.0 cm³/mol. The number of nitro groups is 2. The van der Waals surface area contributed by atoms with Crippen molar-refractivity contribution in [2.75, 3.05) is 0 Å². The quantitative estimate of drug-likeness (QED) is 0.388. The zero-order valence-electron chi connectivity index (χ0n) is 12.5. The second-order valence-electron chi connectivity index (χ2n) is 4.98. The molecule has 0 fully saturated rings. The van der Waals surface area contributed by atoms with Crippen molar-refractivity contribution in [3.63, 3.8) is 0 Å². The van der Waals surface area contributed by atoms with Gasteiger partial charge >= 0.3 is 5.69 Å². The number of aryl methyl sites for hydroxylation is 1. The van der Waals surface area contributed by atoms with E-state index in [-0.39, 0.29) is 11.3 Å². The highest BCUT2D eigenvalue weighted by Crippen LogP contribution is 2.31. The molecule has 0 aromatic heterocycles. The lowest BCUT2D eigenvalue weighted by molar-refractivity contribution is -0.385. The van der Waals surface area contributed by atoms with Crippen molar-refractivity contribution in [3.05, 3.63) is 79.4 Å². The fourth-order valence-electron chi connectivity index (χ4n) is 2.06. The number of carbonyl (C=O) groups excluding carboxylic acids is 1. The third kappa shape index (κ3) is 3.61. The molecule has 0 heterocycles. The van der Waals surface area contributed by atoms with Gasteiger partial charge < -0.3 is 5.11 Å². The van der Waals surface area contributed by atoms with Gasteiger partial charge in [-0.05, 0) is 42.3 Å². The number of allylic oxidation sites excluding steroid dienone is 1. The van der Waals surface area contributed by atoms with E-state index in [2.05, 4.69) is 0 Å². The number of hydrogen-bond donors (Lipinski definition) is 1. The van der Waals surface area contributed by atoms with Crippen molar-refractivity contribution >= 4 is 23.2 Å². The second kappa shape index (κ2) is 6.69. The summed E-state index contributed by atoms with van der Waals surface area (Å²) >= 11 is 0. The van der Waals surface area contributed by atoms with Crippen LogP contribution in [0, 0.1) is 27.2 Å². The molecule has 0 atom stereocenters. The van der Waals surface area contributed by atoms with Gasteiger partial charge in [-0.25, -0.2) is 0 Å². The number of aromatic hydroxyl groups is 1. The summed E-state index contributed by atoms with van der Waals surface area (Å²) in [6.07, 6.45) is 2.54. The number of benzene rings is 2. The van der Waals surface area contributed by atoms with Crippen LogP contribution in [0.2, 0.25) is 0 Å². The Balaban J connectivity index is 2.29. The molecule has 0 aliphatic rings. The van der Waals surface area contributed by atoms with Crippen LogP contribution < -0.4 is 0 Å². The third-order valence-corrected chi connectivity index (χ3v) is 3.23. The zero-order valence-corrected chi connectivity index (χ0v) is 12.5. The minimum Gasteiger partial charge on any atom is -0.502 e. The number of carbonyl (C=O) groups is 1. The van der Waals surface area contributed by atoms with Gasteiger partial charge in [-0.2, -0.15) is 0 Å².